The van der Waals surface area contributed by atoms with Gasteiger partial charge in [0, 0.05) is 18.4 Å². The fourth-order valence-corrected chi connectivity index (χ4v) is 3.49. The molecular weight excluding hydrogens is 396 g/mol. The lowest BCUT2D eigenvalue weighted by molar-refractivity contribution is 0.0694. The van der Waals surface area contributed by atoms with E-state index in [1.807, 2.05) is 24.3 Å². The molecule has 0 bridgehead atoms. The van der Waals surface area contributed by atoms with Crippen molar-refractivity contribution >= 4 is 21.7 Å². The zero-order valence-electron chi connectivity index (χ0n) is 15.4. The number of pyridine rings is 1. The van der Waals surface area contributed by atoms with Crippen LogP contribution in [0.5, 0.6) is 5.75 Å². The Labute approximate surface area is 166 Å². The Balaban J connectivity index is 1.96. The molecule has 0 unspecified atom stereocenters. The number of carboxylic acids is 1. The molecule has 0 aliphatic heterocycles. The summed E-state index contributed by atoms with van der Waals surface area (Å²) >= 11 is 0. The molecule has 1 aromatic heterocycles. The van der Waals surface area contributed by atoms with E-state index >= 15 is 0 Å². The number of rotatable bonds is 6. The molecule has 0 fully saturated rings. The largest absolute Gasteiger partial charge is 0.503 e. The van der Waals surface area contributed by atoms with Crippen LogP contribution < -0.4 is 10.2 Å². The van der Waals surface area contributed by atoms with Gasteiger partial charge in [0.1, 0.15) is 5.56 Å². The van der Waals surface area contributed by atoms with Gasteiger partial charge in [0.2, 0.25) is 15.5 Å². The summed E-state index contributed by atoms with van der Waals surface area (Å²) in [6.45, 7) is 0.216. The third-order valence-electron chi connectivity index (χ3n) is 4.16. The van der Waals surface area contributed by atoms with E-state index in [1.54, 1.807) is 24.3 Å². The average Bonchev–Trinajstić information content (AvgIpc) is 2.64. The summed E-state index contributed by atoms with van der Waals surface area (Å²) in [5.74, 6) is -2.06. The maximum Gasteiger partial charge on any atom is 0.341 e. The monoisotopic (exact) mass is 414 g/mol. The van der Waals surface area contributed by atoms with Crippen molar-refractivity contribution in [2.75, 3.05) is 11.0 Å². The molecular formula is C20H18N2O6S. The van der Waals surface area contributed by atoms with Gasteiger partial charge in [-0.3, -0.25) is 9.52 Å². The van der Waals surface area contributed by atoms with Crippen LogP contribution in [-0.4, -0.2) is 35.4 Å². The van der Waals surface area contributed by atoms with E-state index in [-0.39, 0.29) is 6.54 Å². The van der Waals surface area contributed by atoms with Crippen molar-refractivity contribution in [2.24, 2.45) is 0 Å². The second-order valence-corrected chi connectivity index (χ2v) is 8.22. The molecule has 0 radical (unpaired) electrons. The zero-order chi connectivity index (χ0) is 21.2. The summed E-state index contributed by atoms with van der Waals surface area (Å²) in [5.41, 5.74) is 1.47. The van der Waals surface area contributed by atoms with Crippen molar-refractivity contribution in [1.29, 1.82) is 0 Å². The van der Waals surface area contributed by atoms with Crippen molar-refractivity contribution in [2.45, 2.75) is 6.54 Å². The Morgan fingerprint density at radius 2 is 1.72 bits per heavy atom. The highest BCUT2D eigenvalue weighted by atomic mass is 32.2. The van der Waals surface area contributed by atoms with Gasteiger partial charge in [-0.05, 0) is 28.8 Å². The quantitative estimate of drug-likeness (QED) is 0.568. The highest BCUT2D eigenvalue weighted by Gasteiger charge is 2.14. The number of carboxylic acid groups (broad SMARTS) is 1. The molecule has 3 N–H and O–H groups in total. The lowest BCUT2D eigenvalue weighted by Gasteiger charge is -2.13. The number of aromatic hydroxyl groups is 1. The number of nitrogens with zero attached hydrogens (tertiary/aromatic N) is 1. The molecule has 29 heavy (non-hydrogen) atoms. The van der Waals surface area contributed by atoms with Crippen LogP contribution in [0.25, 0.3) is 11.1 Å². The Morgan fingerprint density at radius 1 is 1.07 bits per heavy atom. The van der Waals surface area contributed by atoms with Crippen LogP contribution in [0.2, 0.25) is 0 Å². The molecule has 0 aliphatic carbocycles. The number of carbonyl (C=O) groups is 1. The van der Waals surface area contributed by atoms with E-state index in [1.165, 1.54) is 17.0 Å². The predicted molar refractivity (Wildman–Crippen MR) is 109 cm³/mol. The first-order valence-corrected chi connectivity index (χ1v) is 10.4. The van der Waals surface area contributed by atoms with Crippen molar-refractivity contribution in [3.05, 3.63) is 82.3 Å². The normalized spacial score (nSPS) is 11.2. The highest BCUT2D eigenvalue weighted by molar-refractivity contribution is 7.92. The third kappa shape index (κ3) is 4.82. The standard InChI is InChI=1S/C20H18N2O6S/c1-29(27,28)21-15-8-6-13(7-9-15)16-5-3-2-4-14(16)10-22-11-17(20(25)26)19(24)18(23)12-22/h2-9,11-12,21,23H,10H2,1H3,(H,25,26). The van der Waals surface area contributed by atoms with Gasteiger partial charge >= 0.3 is 5.97 Å². The number of hydrogen-bond donors (Lipinski definition) is 3. The molecule has 1 heterocycles. The average molecular weight is 414 g/mol. The number of sulfonamides is 1. The zero-order valence-corrected chi connectivity index (χ0v) is 16.2. The van der Waals surface area contributed by atoms with E-state index in [2.05, 4.69) is 4.72 Å². The van der Waals surface area contributed by atoms with Crippen LogP contribution in [-0.2, 0) is 16.6 Å². The number of nitrogens with one attached hydrogen (secondary N) is 1. The molecule has 3 aromatic rings. The van der Waals surface area contributed by atoms with Gasteiger partial charge in [0.15, 0.2) is 5.75 Å². The van der Waals surface area contributed by atoms with Crippen molar-refractivity contribution < 1.29 is 23.4 Å². The van der Waals surface area contributed by atoms with Gasteiger partial charge in [-0.15, -0.1) is 0 Å². The van der Waals surface area contributed by atoms with E-state index in [9.17, 15) is 23.1 Å². The van der Waals surface area contributed by atoms with Gasteiger partial charge in [0.25, 0.3) is 0 Å². The van der Waals surface area contributed by atoms with Crippen LogP contribution in [0.4, 0.5) is 5.69 Å². The Kier molecular flexibility index (Phi) is 5.42. The fraction of sp³-hybridized carbons (Fsp3) is 0.100. The summed E-state index contributed by atoms with van der Waals surface area (Å²) in [4.78, 5) is 23.0. The summed E-state index contributed by atoms with van der Waals surface area (Å²) in [6.07, 6.45) is 3.44. The summed E-state index contributed by atoms with van der Waals surface area (Å²) in [7, 11) is -3.37. The number of aromatic carboxylic acids is 1. The molecule has 0 saturated carbocycles. The molecule has 0 saturated heterocycles. The summed E-state index contributed by atoms with van der Waals surface area (Å²) < 4.78 is 26.5. The number of aromatic nitrogens is 1. The van der Waals surface area contributed by atoms with Crippen LogP contribution in [0, 0.1) is 0 Å². The molecule has 9 heteroatoms. The molecule has 150 valence electrons. The van der Waals surface area contributed by atoms with Gasteiger partial charge in [-0.2, -0.15) is 0 Å². The first-order valence-electron chi connectivity index (χ1n) is 8.46. The molecule has 2 aromatic carbocycles. The van der Waals surface area contributed by atoms with Crippen molar-refractivity contribution in [3.63, 3.8) is 0 Å². The van der Waals surface area contributed by atoms with Crippen LogP contribution >= 0.6 is 0 Å². The number of hydrogen-bond acceptors (Lipinski definition) is 5. The minimum Gasteiger partial charge on any atom is -0.503 e. The molecule has 0 amide bonds. The van der Waals surface area contributed by atoms with Crippen LogP contribution in [0.3, 0.4) is 0 Å². The Bertz CT molecular complexity index is 1230. The molecule has 0 aliphatic rings. The van der Waals surface area contributed by atoms with Crippen molar-refractivity contribution in [1.82, 2.24) is 4.57 Å². The van der Waals surface area contributed by atoms with Gasteiger partial charge in [0.05, 0.1) is 12.5 Å². The number of benzene rings is 2. The second-order valence-electron chi connectivity index (χ2n) is 6.47. The lowest BCUT2D eigenvalue weighted by atomic mass is 9.99. The Hall–Kier alpha value is -3.59. The van der Waals surface area contributed by atoms with Gasteiger partial charge < -0.3 is 14.8 Å². The smallest absolute Gasteiger partial charge is 0.341 e. The maximum absolute atomic E-state index is 11.7. The number of anilines is 1. The van der Waals surface area contributed by atoms with Gasteiger partial charge in [-0.1, -0.05) is 36.4 Å². The summed E-state index contributed by atoms with van der Waals surface area (Å²) in [5, 5.41) is 18.9. The first kappa shape index (κ1) is 20.2. The van der Waals surface area contributed by atoms with Crippen molar-refractivity contribution in [3.8, 4) is 16.9 Å². The molecule has 3 rings (SSSR count). The first-order chi connectivity index (χ1) is 13.6. The van der Waals surface area contributed by atoms with Crippen LogP contribution in [0.1, 0.15) is 15.9 Å². The van der Waals surface area contributed by atoms with Gasteiger partial charge in [-0.25, -0.2) is 13.2 Å². The topological polar surface area (TPSA) is 126 Å². The summed E-state index contributed by atoms with van der Waals surface area (Å²) in [6, 6.07) is 14.2. The molecule has 0 atom stereocenters. The lowest BCUT2D eigenvalue weighted by Crippen LogP contribution is -2.17. The van der Waals surface area contributed by atoms with E-state index in [0.717, 1.165) is 22.9 Å². The van der Waals surface area contributed by atoms with E-state index in [0.29, 0.717) is 5.69 Å². The molecule has 8 nitrogen and oxygen atoms in total. The fourth-order valence-electron chi connectivity index (χ4n) is 2.93. The highest BCUT2D eigenvalue weighted by Crippen LogP contribution is 2.26. The van der Waals surface area contributed by atoms with E-state index < -0.39 is 32.7 Å². The second kappa shape index (κ2) is 7.80. The van der Waals surface area contributed by atoms with Crippen LogP contribution in [0.15, 0.2) is 65.7 Å². The predicted octanol–water partition coefficient (Wildman–Crippen LogP) is 2.34. The third-order valence-corrected chi connectivity index (χ3v) is 4.77. The minimum atomic E-state index is -3.37. The Morgan fingerprint density at radius 3 is 2.34 bits per heavy atom. The van der Waals surface area contributed by atoms with E-state index in [4.69, 9.17) is 5.11 Å². The molecule has 0 spiro atoms. The maximum atomic E-state index is 11.7. The minimum absolute atomic E-state index is 0.216. The SMILES string of the molecule is CS(=O)(=O)Nc1ccc(-c2ccccc2Cn2cc(O)c(=O)c(C(=O)O)c2)cc1.